The quantitative estimate of drug-likeness (QED) is 0.904. The summed E-state index contributed by atoms with van der Waals surface area (Å²) in [6.07, 6.45) is 7.03. The molecule has 1 aromatic rings. The Morgan fingerprint density at radius 2 is 1.75 bits per heavy atom. The van der Waals surface area contributed by atoms with Crippen molar-refractivity contribution in [3.05, 3.63) is 35.4 Å². The minimum Gasteiger partial charge on any atom is -0.323 e. The van der Waals surface area contributed by atoms with Crippen LogP contribution in [0, 0.1) is 0 Å². The molecule has 20 heavy (non-hydrogen) atoms. The molecule has 4 atom stereocenters. The lowest BCUT2D eigenvalue weighted by Gasteiger charge is -2.36. The summed E-state index contributed by atoms with van der Waals surface area (Å²) in [6.45, 7) is 2.25. The summed E-state index contributed by atoms with van der Waals surface area (Å²) in [7, 11) is -0.776. The lowest BCUT2D eigenvalue weighted by Crippen LogP contribution is -2.40. The van der Waals surface area contributed by atoms with Crippen LogP contribution in [0.5, 0.6) is 0 Å². The van der Waals surface area contributed by atoms with Crippen molar-refractivity contribution >= 4 is 10.8 Å². The molecule has 1 aromatic carbocycles. The summed E-state index contributed by atoms with van der Waals surface area (Å²) in [5.74, 6) is 0.476. The molecule has 1 saturated carbocycles. The van der Waals surface area contributed by atoms with Gasteiger partial charge in [0.25, 0.3) is 0 Å². The van der Waals surface area contributed by atoms with Crippen molar-refractivity contribution in [2.45, 2.75) is 67.9 Å². The Morgan fingerprint density at radius 3 is 2.45 bits per heavy atom. The van der Waals surface area contributed by atoms with Gasteiger partial charge in [0.2, 0.25) is 0 Å². The van der Waals surface area contributed by atoms with E-state index in [4.69, 9.17) is 5.73 Å². The Labute approximate surface area is 124 Å². The lowest BCUT2D eigenvalue weighted by molar-refractivity contribution is 0.478. The molecule has 110 valence electrons. The Balaban J connectivity index is 1.83. The maximum atomic E-state index is 13.0. The molecule has 2 nitrogen and oxygen atoms in total. The summed E-state index contributed by atoms with van der Waals surface area (Å²) in [5, 5.41) is 0.528. The number of hydrogen-bond acceptors (Lipinski definition) is 2. The van der Waals surface area contributed by atoms with Crippen LogP contribution >= 0.6 is 0 Å². The second kappa shape index (κ2) is 5.98. The highest BCUT2D eigenvalue weighted by Crippen LogP contribution is 2.40. The molecule has 0 spiro atoms. The molecule has 3 heteroatoms. The number of benzene rings is 1. The van der Waals surface area contributed by atoms with Crippen LogP contribution in [0.1, 0.15) is 68.5 Å². The first-order valence-corrected chi connectivity index (χ1v) is 9.20. The zero-order valence-electron chi connectivity index (χ0n) is 12.3. The third kappa shape index (κ3) is 2.58. The van der Waals surface area contributed by atoms with Crippen molar-refractivity contribution in [1.29, 1.82) is 0 Å². The van der Waals surface area contributed by atoms with Gasteiger partial charge in [-0.15, -0.1) is 0 Å². The van der Waals surface area contributed by atoms with Gasteiger partial charge in [-0.05, 0) is 36.3 Å². The zero-order valence-corrected chi connectivity index (χ0v) is 13.1. The highest BCUT2D eigenvalue weighted by atomic mass is 32.2. The van der Waals surface area contributed by atoms with Gasteiger partial charge >= 0.3 is 0 Å². The summed E-state index contributed by atoms with van der Waals surface area (Å²) in [4.78, 5) is 0. The average molecular weight is 291 g/mol. The van der Waals surface area contributed by atoms with E-state index in [0.717, 1.165) is 19.3 Å². The van der Waals surface area contributed by atoms with Crippen LogP contribution < -0.4 is 5.73 Å². The minimum atomic E-state index is -0.776. The third-order valence-corrected chi connectivity index (χ3v) is 7.26. The SMILES string of the molecule is CC1CC(S(=O)C2CCCCC2)C(N)c2ccccc21. The van der Waals surface area contributed by atoms with E-state index in [1.165, 1.54) is 30.4 Å². The molecule has 1 fully saturated rings. The topological polar surface area (TPSA) is 43.1 Å². The molecule has 0 amide bonds. The second-order valence-corrected chi connectivity index (χ2v) is 8.35. The van der Waals surface area contributed by atoms with Crippen LogP contribution in [0.4, 0.5) is 0 Å². The first-order chi connectivity index (χ1) is 9.68. The molecular formula is C17H25NOS. The summed E-state index contributed by atoms with van der Waals surface area (Å²) in [5.41, 5.74) is 9.05. The number of nitrogens with two attached hydrogens (primary N) is 1. The molecule has 0 bridgehead atoms. The Bertz CT molecular complexity index is 496. The number of fused-ring (bicyclic) bond motifs is 1. The monoisotopic (exact) mass is 291 g/mol. The van der Waals surface area contributed by atoms with Crippen LogP contribution in [-0.2, 0) is 10.8 Å². The highest BCUT2D eigenvalue weighted by molar-refractivity contribution is 7.86. The highest BCUT2D eigenvalue weighted by Gasteiger charge is 2.37. The van der Waals surface area contributed by atoms with Crippen LogP contribution in [-0.4, -0.2) is 14.7 Å². The largest absolute Gasteiger partial charge is 0.323 e. The van der Waals surface area contributed by atoms with Gasteiger partial charge in [0.15, 0.2) is 0 Å². The van der Waals surface area contributed by atoms with Gasteiger partial charge in [-0.3, -0.25) is 4.21 Å². The molecule has 2 aliphatic carbocycles. The van der Waals surface area contributed by atoms with Gasteiger partial charge in [-0.1, -0.05) is 50.5 Å². The zero-order chi connectivity index (χ0) is 14.1. The molecule has 0 aliphatic heterocycles. The third-order valence-electron chi connectivity index (χ3n) is 5.05. The molecule has 0 saturated heterocycles. The van der Waals surface area contributed by atoms with Crippen molar-refractivity contribution in [3.8, 4) is 0 Å². The lowest BCUT2D eigenvalue weighted by atomic mass is 9.81. The van der Waals surface area contributed by atoms with E-state index < -0.39 is 10.8 Å². The molecule has 4 unspecified atom stereocenters. The van der Waals surface area contributed by atoms with Gasteiger partial charge in [-0.25, -0.2) is 0 Å². The van der Waals surface area contributed by atoms with E-state index in [1.807, 2.05) is 0 Å². The van der Waals surface area contributed by atoms with E-state index in [-0.39, 0.29) is 11.3 Å². The minimum absolute atomic E-state index is 0.0508. The molecule has 0 aromatic heterocycles. The summed E-state index contributed by atoms with van der Waals surface area (Å²) < 4.78 is 13.0. The molecule has 3 rings (SSSR count). The molecule has 2 N–H and O–H groups in total. The number of hydrogen-bond donors (Lipinski definition) is 1. The fraction of sp³-hybridized carbons (Fsp3) is 0.647. The molecule has 0 heterocycles. The van der Waals surface area contributed by atoms with Crippen molar-refractivity contribution in [2.75, 3.05) is 0 Å². The fourth-order valence-electron chi connectivity index (χ4n) is 3.87. The first-order valence-electron chi connectivity index (χ1n) is 7.92. The van der Waals surface area contributed by atoms with Crippen molar-refractivity contribution < 1.29 is 4.21 Å². The fourth-order valence-corrected chi connectivity index (χ4v) is 6.08. The summed E-state index contributed by atoms with van der Waals surface area (Å²) >= 11 is 0. The van der Waals surface area contributed by atoms with Gasteiger partial charge in [0.05, 0.1) is 5.25 Å². The van der Waals surface area contributed by atoms with E-state index in [9.17, 15) is 4.21 Å². The Morgan fingerprint density at radius 1 is 1.10 bits per heavy atom. The maximum absolute atomic E-state index is 13.0. The predicted octanol–water partition coefficient (Wildman–Crippen LogP) is 3.64. The predicted molar refractivity (Wildman–Crippen MR) is 85.2 cm³/mol. The van der Waals surface area contributed by atoms with E-state index in [0.29, 0.717) is 11.2 Å². The number of rotatable bonds is 2. The Hall–Kier alpha value is -0.670. The van der Waals surface area contributed by atoms with Crippen molar-refractivity contribution in [1.82, 2.24) is 0 Å². The maximum Gasteiger partial charge on any atom is 0.0549 e. The molecular weight excluding hydrogens is 266 g/mol. The van der Waals surface area contributed by atoms with Crippen LogP contribution in [0.25, 0.3) is 0 Å². The van der Waals surface area contributed by atoms with Crippen LogP contribution in [0.3, 0.4) is 0 Å². The van der Waals surface area contributed by atoms with E-state index >= 15 is 0 Å². The molecule has 2 aliphatic rings. The smallest absolute Gasteiger partial charge is 0.0549 e. The van der Waals surface area contributed by atoms with Gasteiger partial charge in [0.1, 0.15) is 0 Å². The normalized spacial score (nSPS) is 32.6. The Kier molecular flexibility index (Phi) is 4.27. The van der Waals surface area contributed by atoms with Gasteiger partial charge in [0, 0.05) is 22.1 Å². The van der Waals surface area contributed by atoms with Gasteiger partial charge in [-0.2, -0.15) is 0 Å². The van der Waals surface area contributed by atoms with Crippen molar-refractivity contribution in [2.24, 2.45) is 5.73 Å². The van der Waals surface area contributed by atoms with Crippen LogP contribution in [0.2, 0.25) is 0 Å². The van der Waals surface area contributed by atoms with Crippen molar-refractivity contribution in [3.63, 3.8) is 0 Å². The van der Waals surface area contributed by atoms with E-state index in [2.05, 4.69) is 31.2 Å². The van der Waals surface area contributed by atoms with Crippen LogP contribution in [0.15, 0.2) is 24.3 Å². The van der Waals surface area contributed by atoms with E-state index in [1.54, 1.807) is 0 Å². The molecule has 0 radical (unpaired) electrons. The first kappa shape index (κ1) is 14.3. The van der Waals surface area contributed by atoms with Gasteiger partial charge < -0.3 is 5.73 Å². The summed E-state index contributed by atoms with van der Waals surface area (Å²) in [6, 6.07) is 8.39. The second-order valence-electron chi connectivity index (χ2n) is 6.42. The average Bonchev–Trinajstić information content (AvgIpc) is 2.51. The standard InChI is InChI=1S/C17H25NOS/c1-12-11-16(20(19)13-7-3-2-4-8-13)17(18)15-10-6-5-9-14(12)15/h5-6,9-10,12-13,16-17H,2-4,7-8,11,18H2,1H3.